The number of aromatic nitrogens is 2. The standard InChI is InChI=1S/C13H14BrF2N3O/c1-7-9(6-17-2)13(19(3)18-7)20-11-5-8(14)4-10(15)12(11)16/h4-5,17H,6H2,1-3H3. The quantitative estimate of drug-likeness (QED) is 0.864. The molecule has 2 aromatic rings. The van der Waals surface area contributed by atoms with Crippen molar-refractivity contribution in [2.45, 2.75) is 13.5 Å². The molecule has 0 bridgehead atoms. The van der Waals surface area contributed by atoms with Crippen LogP contribution < -0.4 is 10.1 Å². The van der Waals surface area contributed by atoms with Crippen LogP contribution in [0.4, 0.5) is 8.78 Å². The first-order valence-corrected chi connectivity index (χ1v) is 6.72. The number of hydrogen-bond donors (Lipinski definition) is 1. The molecular weight excluding hydrogens is 332 g/mol. The number of nitrogens with zero attached hydrogens (tertiary/aromatic N) is 2. The molecule has 0 aliphatic carbocycles. The molecule has 20 heavy (non-hydrogen) atoms. The fraction of sp³-hybridized carbons (Fsp3) is 0.308. The Bertz CT molecular complexity index is 643. The lowest BCUT2D eigenvalue weighted by Gasteiger charge is -2.10. The maximum Gasteiger partial charge on any atom is 0.222 e. The Balaban J connectivity index is 2.45. The van der Waals surface area contributed by atoms with Gasteiger partial charge in [-0.05, 0) is 26.1 Å². The van der Waals surface area contributed by atoms with Crippen molar-refractivity contribution in [2.75, 3.05) is 7.05 Å². The summed E-state index contributed by atoms with van der Waals surface area (Å²) in [6, 6.07) is 2.43. The second-order valence-corrected chi connectivity index (χ2v) is 5.24. The molecule has 0 unspecified atom stereocenters. The van der Waals surface area contributed by atoms with Crippen molar-refractivity contribution in [1.82, 2.24) is 15.1 Å². The van der Waals surface area contributed by atoms with Gasteiger partial charge in [-0.3, -0.25) is 0 Å². The van der Waals surface area contributed by atoms with Crippen molar-refractivity contribution in [3.63, 3.8) is 0 Å². The minimum absolute atomic E-state index is 0.183. The van der Waals surface area contributed by atoms with Gasteiger partial charge >= 0.3 is 0 Å². The summed E-state index contributed by atoms with van der Waals surface area (Å²) >= 11 is 3.11. The van der Waals surface area contributed by atoms with E-state index in [1.807, 2.05) is 6.92 Å². The maximum absolute atomic E-state index is 13.8. The fourth-order valence-corrected chi connectivity index (χ4v) is 2.31. The van der Waals surface area contributed by atoms with Gasteiger partial charge in [-0.15, -0.1) is 0 Å². The van der Waals surface area contributed by atoms with Crippen molar-refractivity contribution in [1.29, 1.82) is 0 Å². The smallest absolute Gasteiger partial charge is 0.222 e. The molecule has 0 spiro atoms. The molecule has 0 atom stereocenters. The van der Waals surface area contributed by atoms with E-state index < -0.39 is 11.6 Å². The maximum atomic E-state index is 13.8. The predicted octanol–water partition coefficient (Wildman–Crippen LogP) is 3.28. The second-order valence-electron chi connectivity index (χ2n) is 4.32. The Morgan fingerprint density at radius 3 is 2.75 bits per heavy atom. The highest BCUT2D eigenvalue weighted by atomic mass is 79.9. The molecule has 0 amide bonds. The van der Waals surface area contributed by atoms with E-state index in [1.165, 1.54) is 10.7 Å². The van der Waals surface area contributed by atoms with Gasteiger partial charge in [0.15, 0.2) is 11.6 Å². The molecular formula is C13H14BrF2N3O. The van der Waals surface area contributed by atoms with Crippen LogP contribution in [0.5, 0.6) is 11.6 Å². The summed E-state index contributed by atoms with van der Waals surface area (Å²) in [7, 11) is 3.48. The minimum Gasteiger partial charge on any atom is -0.436 e. The van der Waals surface area contributed by atoms with Crippen LogP contribution in [0, 0.1) is 18.6 Å². The molecule has 1 aromatic heterocycles. The van der Waals surface area contributed by atoms with E-state index in [4.69, 9.17) is 4.74 Å². The molecule has 0 aliphatic heterocycles. The first kappa shape index (κ1) is 14.9. The second kappa shape index (κ2) is 5.88. The van der Waals surface area contributed by atoms with Crippen LogP contribution in [0.25, 0.3) is 0 Å². The summed E-state index contributed by atoms with van der Waals surface area (Å²) in [5.41, 5.74) is 1.57. The highest BCUT2D eigenvalue weighted by molar-refractivity contribution is 9.10. The lowest BCUT2D eigenvalue weighted by Crippen LogP contribution is -2.07. The van der Waals surface area contributed by atoms with Gasteiger partial charge in [0, 0.05) is 18.1 Å². The molecule has 0 aliphatic rings. The van der Waals surface area contributed by atoms with E-state index in [0.29, 0.717) is 16.9 Å². The summed E-state index contributed by atoms with van der Waals surface area (Å²) in [4.78, 5) is 0. The molecule has 0 saturated heterocycles. The third-order valence-corrected chi connectivity index (χ3v) is 3.27. The van der Waals surface area contributed by atoms with Crippen LogP contribution in [0.1, 0.15) is 11.3 Å². The molecule has 1 N–H and O–H groups in total. The molecule has 7 heteroatoms. The summed E-state index contributed by atoms with van der Waals surface area (Å²) in [5, 5.41) is 7.22. The van der Waals surface area contributed by atoms with E-state index in [0.717, 1.165) is 17.3 Å². The third-order valence-electron chi connectivity index (χ3n) is 2.81. The summed E-state index contributed by atoms with van der Waals surface area (Å²) < 4.78 is 34.6. The SMILES string of the molecule is CNCc1c(C)nn(C)c1Oc1cc(Br)cc(F)c1F. The Hall–Kier alpha value is -1.47. The Morgan fingerprint density at radius 2 is 2.10 bits per heavy atom. The number of rotatable bonds is 4. The van der Waals surface area contributed by atoms with Crippen LogP contribution in [-0.4, -0.2) is 16.8 Å². The molecule has 4 nitrogen and oxygen atoms in total. The third kappa shape index (κ3) is 2.83. The monoisotopic (exact) mass is 345 g/mol. The van der Waals surface area contributed by atoms with Crippen molar-refractivity contribution in [3.8, 4) is 11.6 Å². The Labute approximate surface area is 123 Å². The number of hydrogen-bond acceptors (Lipinski definition) is 3. The average Bonchev–Trinajstić information content (AvgIpc) is 2.62. The van der Waals surface area contributed by atoms with Crippen LogP contribution in [0.3, 0.4) is 0 Å². The van der Waals surface area contributed by atoms with Crippen molar-refractivity contribution in [3.05, 3.63) is 39.5 Å². The Morgan fingerprint density at radius 1 is 1.40 bits per heavy atom. The highest BCUT2D eigenvalue weighted by Crippen LogP contribution is 2.32. The van der Waals surface area contributed by atoms with Crippen molar-refractivity contribution >= 4 is 15.9 Å². The predicted molar refractivity (Wildman–Crippen MR) is 74.8 cm³/mol. The molecule has 1 heterocycles. The molecule has 2 rings (SSSR count). The highest BCUT2D eigenvalue weighted by Gasteiger charge is 2.18. The van der Waals surface area contributed by atoms with Gasteiger partial charge < -0.3 is 10.1 Å². The van der Waals surface area contributed by atoms with Gasteiger partial charge in [-0.25, -0.2) is 9.07 Å². The molecule has 108 valence electrons. The van der Waals surface area contributed by atoms with E-state index in [2.05, 4.69) is 26.3 Å². The van der Waals surface area contributed by atoms with Gasteiger partial charge in [0.05, 0.1) is 11.3 Å². The minimum atomic E-state index is -1.03. The van der Waals surface area contributed by atoms with E-state index in [-0.39, 0.29) is 5.75 Å². The molecule has 1 aromatic carbocycles. The van der Waals surface area contributed by atoms with E-state index >= 15 is 0 Å². The normalized spacial score (nSPS) is 10.9. The zero-order valence-corrected chi connectivity index (χ0v) is 12.9. The Kier molecular flexibility index (Phi) is 4.39. The van der Waals surface area contributed by atoms with Crippen LogP contribution in [0.2, 0.25) is 0 Å². The largest absolute Gasteiger partial charge is 0.436 e. The lowest BCUT2D eigenvalue weighted by molar-refractivity contribution is 0.383. The summed E-state index contributed by atoms with van der Waals surface area (Å²) in [6.45, 7) is 2.35. The molecule has 0 radical (unpaired) electrons. The van der Waals surface area contributed by atoms with E-state index in [1.54, 1.807) is 14.1 Å². The lowest BCUT2D eigenvalue weighted by atomic mass is 10.2. The van der Waals surface area contributed by atoms with Gasteiger partial charge in [0.2, 0.25) is 11.7 Å². The van der Waals surface area contributed by atoms with Gasteiger partial charge in [-0.2, -0.15) is 9.49 Å². The van der Waals surface area contributed by atoms with Crippen LogP contribution in [0.15, 0.2) is 16.6 Å². The average molecular weight is 346 g/mol. The fourth-order valence-electron chi connectivity index (χ4n) is 1.90. The zero-order valence-electron chi connectivity index (χ0n) is 11.3. The number of ether oxygens (including phenoxy) is 1. The number of benzene rings is 1. The first-order valence-electron chi connectivity index (χ1n) is 5.93. The topological polar surface area (TPSA) is 39.1 Å². The molecule has 0 saturated carbocycles. The van der Waals surface area contributed by atoms with Gasteiger partial charge in [0.25, 0.3) is 0 Å². The summed E-state index contributed by atoms with van der Waals surface area (Å²) in [5.74, 6) is -1.80. The molecule has 0 fully saturated rings. The first-order chi connectivity index (χ1) is 9.43. The van der Waals surface area contributed by atoms with E-state index in [9.17, 15) is 8.78 Å². The number of aryl methyl sites for hydroxylation is 2. The number of nitrogens with one attached hydrogen (secondary N) is 1. The van der Waals surface area contributed by atoms with Crippen molar-refractivity contribution in [2.24, 2.45) is 7.05 Å². The summed E-state index contributed by atoms with van der Waals surface area (Å²) in [6.07, 6.45) is 0. The zero-order chi connectivity index (χ0) is 14.9. The van der Waals surface area contributed by atoms with Crippen LogP contribution >= 0.6 is 15.9 Å². The van der Waals surface area contributed by atoms with Gasteiger partial charge in [-0.1, -0.05) is 15.9 Å². The number of halogens is 3. The van der Waals surface area contributed by atoms with Crippen molar-refractivity contribution < 1.29 is 13.5 Å². The van der Waals surface area contributed by atoms with Gasteiger partial charge in [0.1, 0.15) is 0 Å². The van der Waals surface area contributed by atoms with Crippen LogP contribution in [-0.2, 0) is 13.6 Å².